The highest BCUT2D eigenvalue weighted by atomic mass is 19.1. The fraction of sp³-hybridized carbons (Fsp3) is 0.462. The summed E-state index contributed by atoms with van der Waals surface area (Å²) in [6, 6.07) is 6.90. The van der Waals surface area contributed by atoms with E-state index in [0.29, 0.717) is 17.3 Å². The minimum atomic E-state index is -0.322. The van der Waals surface area contributed by atoms with Gasteiger partial charge in [-0.25, -0.2) is 4.39 Å². The van der Waals surface area contributed by atoms with E-state index in [4.69, 9.17) is 5.26 Å². The van der Waals surface area contributed by atoms with Gasteiger partial charge in [0.15, 0.2) is 0 Å². The van der Waals surface area contributed by atoms with Crippen molar-refractivity contribution in [2.75, 3.05) is 25.0 Å². The van der Waals surface area contributed by atoms with Gasteiger partial charge >= 0.3 is 0 Å². The van der Waals surface area contributed by atoms with Crippen molar-refractivity contribution in [1.29, 1.82) is 5.26 Å². The van der Waals surface area contributed by atoms with E-state index >= 15 is 0 Å². The zero-order valence-corrected chi connectivity index (χ0v) is 9.91. The fourth-order valence-electron chi connectivity index (χ4n) is 2.22. The highest BCUT2D eigenvalue weighted by Crippen LogP contribution is 2.23. The molecule has 2 rings (SSSR count). The summed E-state index contributed by atoms with van der Waals surface area (Å²) < 4.78 is 13.8. The summed E-state index contributed by atoms with van der Waals surface area (Å²) >= 11 is 0. The number of benzene rings is 1. The van der Waals surface area contributed by atoms with Crippen LogP contribution in [0.2, 0.25) is 0 Å². The van der Waals surface area contributed by atoms with Gasteiger partial charge in [0.2, 0.25) is 0 Å². The van der Waals surface area contributed by atoms with Crippen LogP contribution in [0.5, 0.6) is 0 Å². The Hall–Kier alpha value is -1.60. The fourth-order valence-corrected chi connectivity index (χ4v) is 2.22. The van der Waals surface area contributed by atoms with Crippen LogP contribution in [0.15, 0.2) is 18.2 Å². The molecule has 1 aromatic rings. The Bertz CT molecular complexity index is 433. The van der Waals surface area contributed by atoms with Gasteiger partial charge in [0.25, 0.3) is 0 Å². The maximum absolute atomic E-state index is 13.8. The molecule has 1 aromatic carbocycles. The highest BCUT2D eigenvalue weighted by Gasteiger charge is 2.20. The first kappa shape index (κ1) is 11.9. The number of anilines is 1. The van der Waals surface area contributed by atoms with E-state index in [-0.39, 0.29) is 5.82 Å². The molecule has 1 atom stereocenters. The molecular weight excluding hydrogens is 217 g/mol. The first-order valence-electron chi connectivity index (χ1n) is 5.85. The molecule has 1 heterocycles. The summed E-state index contributed by atoms with van der Waals surface area (Å²) in [5.41, 5.74) is 0.930. The summed E-state index contributed by atoms with van der Waals surface area (Å²) in [5, 5.41) is 12.0. The molecule has 0 amide bonds. The highest BCUT2D eigenvalue weighted by molar-refractivity contribution is 5.51. The molecule has 0 bridgehead atoms. The van der Waals surface area contributed by atoms with E-state index in [2.05, 4.69) is 5.32 Å². The predicted octanol–water partition coefficient (Wildman–Crippen LogP) is 1.89. The Balaban J connectivity index is 2.18. The molecule has 1 aliphatic rings. The lowest BCUT2D eigenvalue weighted by atomic mass is 10.1. The van der Waals surface area contributed by atoms with Crippen LogP contribution in [0.25, 0.3) is 0 Å². The van der Waals surface area contributed by atoms with Gasteiger partial charge < -0.3 is 10.2 Å². The summed E-state index contributed by atoms with van der Waals surface area (Å²) in [7, 11) is 1.90. The Kier molecular flexibility index (Phi) is 3.60. The van der Waals surface area contributed by atoms with Gasteiger partial charge in [-0.3, -0.25) is 0 Å². The van der Waals surface area contributed by atoms with E-state index in [1.165, 1.54) is 6.07 Å². The third-order valence-corrected chi connectivity index (χ3v) is 3.28. The topological polar surface area (TPSA) is 39.1 Å². The van der Waals surface area contributed by atoms with E-state index in [0.717, 1.165) is 25.9 Å². The van der Waals surface area contributed by atoms with Gasteiger partial charge in [0.1, 0.15) is 5.82 Å². The minimum absolute atomic E-state index is 0.322. The summed E-state index contributed by atoms with van der Waals surface area (Å²) in [4.78, 5) is 1.96. The SMILES string of the molecule is CN(c1ccc(C#N)cc1F)C1CCCNC1. The van der Waals surface area contributed by atoms with Gasteiger partial charge in [-0.1, -0.05) is 0 Å². The Morgan fingerprint density at radius 3 is 2.94 bits per heavy atom. The number of hydrogen-bond donors (Lipinski definition) is 1. The maximum atomic E-state index is 13.8. The van der Waals surface area contributed by atoms with Gasteiger partial charge in [0.05, 0.1) is 17.3 Å². The molecule has 3 nitrogen and oxygen atoms in total. The Morgan fingerprint density at radius 2 is 2.35 bits per heavy atom. The summed E-state index contributed by atoms with van der Waals surface area (Å²) in [5.74, 6) is -0.322. The van der Waals surface area contributed by atoms with Crippen molar-refractivity contribution in [1.82, 2.24) is 5.32 Å². The molecule has 0 saturated carbocycles. The lowest BCUT2D eigenvalue weighted by Crippen LogP contribution is -2.44. The third-order valence-electron chi connectivity index (χ3n) is 3.28. The molecular formula is C13H16FN3. The smallest absolute Gasteiger partial charge is 0.147 e. The molecule has 1 fully saturated rings. The van der Waals surface area contributed by atoms with Crippen molar-refractivity contribution in [3.63, 3.8) is 0 Å². The van der Waals surface area contributed by atoms with Crippen LogP contribution in [0.4, 0.5) is 10.1 Å². The van der Waals surface area contributed by atoms with Gasteiger partial charge in [-0.05, 0) is 37.6 Å². The number of nitrogens with one attached hydrogen (secondary N) is 1. The molecule has 1 N–H and O–H groups in total. The molecule has 1 unspecified atom stereocenters. The normalized spacial score (nSPS) is 19.7. The molecule has 4 heteroatoms. The van der Waals surface area contributed by atoms with Crippen LogP contribution < -0.4 is 10.2 Å². The van der Waals surface area contributed by atoms with E-state index in [1.54, 1.807) is 12.1 Å². The third kappa shape index (κ3) is 2.56. The van der Waals surface area contributed by atoms with Crippen molar-refractivity contribution in [3.8, 4) is 6.07 Å². The number of rotatable bonds is 2. The second kappa shape index (κ2) is 5.15. The molecule has 17 heavy (non-hydrogen) atoms. The standard InChI is InChI=1S/C13H16FN3/c1-17(11-3-2-6-16-9-11)13-5-4-10(8-15)7-12(13)14/h4-5,7,11,16H,2-3,6,9H2,1H3. The predicted molar refractivity (Wildman–Crippen MR) is 65.4 cm³/mol. The Labute approximate surface area is 101 Å². The van der Waals surface area contributed by atoms with Crippen molar-refractivity contribution < 1.29 is 4.39 Å². The second-order valence-corrected chi connectivity index (χ2v) is 4.39. The molecule has 0 aromatic heterocycles. The molecule has 0 spiro atoms. The lowest BCUT2D eigenvalue weighted by molar-refractivity contribution is 0.441. The first-order chi connectivity index (χ1) is 8.22. The monoisotopic (exact) mass is 233 g/mol. The quantitative estimate of drug-likeness (QED) is 0.847. The number of nitrogens with zero attached hydrogens (tertiary/aromatic N) is 2. The van der Waals surface area contributed by atoms with Crippen LogP contribution in [0.3, 0.4) is 0 Å². The van der Waals surface area contributed by atoms with Crippen molar-refractivity contribution in [2.24, 2.45) is 0 Å². The van der Waals surface area contributed by atoms with Gasteiger partial charge in [0, 0.05) is 19.6 Å². The maximum Gasteiger partial charge on any atom is 0.147 e. The van der Waals surface area contributed by atoms with E-state index in [9.17, 15) is 4.39 Å². The van der Waals surface area contributed by atoms with Crippen LogP contribution in [-0.4, -0.2) is 26.2 Å². The van der Waals surface area contributed by atoms with Crippen molar-refractivity contribution in [2.45, 2.75) is 18.9 Å². The van der Waals surface area contributed by atoms with Crippen molar-refractivity contribution >= 4 is 5.69 Å². The minimum Gasteiger partial charge on any atom is -0.368 e. The molecule has 90 valence electrons. The van der Waals surface area contributed by atoms with Crippen LogP contribution >= 0.6 is 0 Å². The number of piperidine rings is 1. The zero-order chi connectivity index (χ0) is 12.3. The van der Waals surface area contributed by atoms with Crippen LogP contribution in [0, 0.1) is 17.1 Å². The lowest BCUT2D eigenvalue weighted by Gasteiger charge is -2.33. The molecule has 1 aliphatic heterocycles. The zero-order valence-electron chi connectivity index (χ0n) is 9.91. The Morgan fingerprint density at radius 1 is 1.53 bits per heavy atom. The van der Waals surface area contributed by atoms with E-state index in [1.807, 2.05) is 18.0 Å². The number of likely N-dealkylation sites (N-methyl/N-ethyl adjacent to an activating group) is 1. The van der Waals surface area contributed by atoms with Gasteiger partial charge in [-0.15, -0.1) is 0 Å². The number of nitriles is 1. The largest absolute Gasteiger partial charge is 0.368 e. The molecule has 1 saturated heterocycles. The summed E-state index contributed by atoms with van der Waals surface area (Å²) in [6.07, 6.45) is 2.19. The van der Waals surface area contributed by atoms with Crippen molar-refractivity contribution in [3.05, 3.63) is 29.6 Å². The first-order valence-corrected chi connectivity index (χ1v) is 5.85. The van der Waals surface area contributed by atoms with Crippen LogP contribution in [-0.2, 0) is 0 Å². The average Bonchev–Trinajstić information content (AvgIpc) is 2.39. The van der Waals surface area contributed by atoms with Gasteiger partial charge in [-0.2, -0.15) is 5.26 Å². The average molecular weight is 233 g/mol. The van der Waals surface area contributed by atoms with E-state index < -0.39 is 0 Å². The summed E-state index contributed by atoms with van der Waals surface area (Å²) in [6.45, 7) is 1.93. The molecule has 0 radical (unpaired) electrons. The number of hydrogen-bond acceptors (Lipinski definition) is 3. The second-order valence-electron chi connectivity index (χ2n) is 4.39. The van der Waals surface area contributed by atoms with Crippen LogP contribution in [0.1, 0.15) is 18.4 Å². The molecule has 0 aliphatic carbocycles. The number of halogens is 1.